The minimum absolute atomic E-state index is 0.175. The molecule has 6 heteroatoms. The Kier molecular flexibility index (Phi) is 2.56. The van der Waals surface area contributed by atoms with Crippen molar-refractivity contribution in [1.29, 1.82) is 0 Å². The average Bonchev–Trinajstić information content (AvgIpc) is 2.80. The van der Waals surface area contributed by atoms with Gasteiger partial charge < -0.3 is 14.8 Å². The number of fused-ring (bicyclic) bond motifs is 1. The molecule has 0 unspecified atom stereocenters. The summed E-state index contributed by atoms with van der Waals surface area (Å²) in [5.41, 5.74) is 1.59. The largest absolute Gasteiger partial charge is 0.507 e. The lowest BCUT2D eigenvalue weighted by Crippen LogP contribution is -1.86. The predicted molar refractivity (Wildman–Crippen MR) is 67.5 cm³/mol. The number of aromatic amines is 1. The summed E-state index contributed by atoms with van der Waals surface area (Å²) < 4.78 is 18.0. The minimum atomic E-state index is -0.503. The second kappa shape index (κ2) is 4.24. The number of nitrogens with one attached hydrogen (secondary N) is 1. The van der Waals surface area contributed by atoms with Gasteiger partial charge in [-0.3, -0.25) is 0 Å². The molecule has 5 nitrogen and oxygen atoms in total. The van der Waals surface area contributed by atoms with Crippen molar-refractivity contribution in [3.8, 4) is 23.0 Å². The second-order valence-electron chi connectivity index (χ2n) is 3.97. The van der Waals surface area contributed by atoms with Crippen LogP contribution in [0, 0.1) is 5.82 Å². The van der Waals surface area contributed by atoms with Crippen LogP contribution in [0.2, 0.25) is 0 Å². The van der Waals surface area contributed by atoms with Crippen molar-refractivity contribution < 1.29 is 14.2 Å². The van der Waals surface area contributed by atoms with Crippen LogP contribution >= 0.6 is 0 Å². The molecule has 19 heavy (non-hydrogen) atoms. The highest BCUT2D eigenvalue weighted by atomic mass is 19.1. The molecule has 2 aromatic heterocycles. The van der Waals surface area contributed by atoms with Crippen LogP contribution in [-0.4, -0.2) is 27.2 Å². The molecule has 3 aromatic rings. The first-order valence-corrected chi connectivity index (χ1v) is 5.57. The molecular weight excluding hydrogens is 249 g/mol. The van der Waals surface area contributed by atoms with Crippen LogP contribution in [0.4, 0.5) is 4.39 Å². The fraction of sp³-hybridized carbons (Fsp3) is 0.0769. The van der Waals surface area contributed by atoms with E-state index in [1.807, 2.05) is 0 Å². The summed E-state index contributed by atoms with van der Waals surface area (Å²) in [6.45, 7) is 0. The van der Waals surface area contributed by atoms with Gasteiger partial charge in [-0.05, 0) is 18.2 Å². The van der Waals surface area contributed by atoms with Crippen LogP contribution in [0.5, 0.6) is 11.6 Å². The normalized spacial score (nSPS) is 10.8. The molecule has 2 N–H and O–H groups in total. The van der Waals surface area contributed by atoms with Crippen molar-refractivity contribution in [3.05, 3.63) is 36.1 Å². The Hall–Kier alpha value is -2.63. The molecule has 0 aliphatic heterocycles. The number of methoxy groups -OCH3 is 1. The second-order valence-corrected chi connectivity index (χ2v) is 3.97. The van der Waals surface area contributed by atoms with E-state index in [4.69, 9.17) is 4.74 Å². The van der Waals surface area contributed by atoms with Crippen molar-refractivity contribution in [3.63, 3.8) is 0 Å². The van der Waals surface area contributed by atoms with Gasteiger partial charge in [-0.15, -0.1) is 0 Å². The molecule has 96 valence electrons. The summed E-state index contributed by atoms with van der Waals surface area (Å²) in [6, 6.07) is 7.24. The van der Waals surface area contributed by atoms with E-state index < -0.39 is 5.82 Å². The summed E-state index contributed by atoms with van der Waals surface area (Å²) in [7, 11) is 1.52. The molecule has 0 saturated heterocycles. The molecular formula is C13H10FN3O2. The van der Waals surface area contributed by atoms with Gasteiger partial charge in [0.05, 0.1) is 18.2 Å². The Balaban J connectivity index is 2.14. The molecule has 0 atom stereocenters. The van der Waals surface area contributed by atoms with Gasteiger partial charge >= 0.3 is 0 Å². The van der Waals surface area contributed by atoms with Gasteiger partial charge in [0, 0.05) is 12.1 Å². The number of H-pyrrole nitrogens is 1. The summed E-state index contributed by atoms with van der Waals surface area (Å²) in [4.78, 5) is 11.4. The fourth-order valence-electron chi connectivity index (χ4n) is 1.82. The van der Waals surface area contributed by atoms with Crippen molar-refractivity contribution in [2.24, 2.45) is 0 Å². The number of ether oxygens (including phenoxy) is 1. The topological polar surface area (TPSA) is 71.0 Å². The average molecular weight is 259 g/mol. The number of imidazole rings is 1. The Morgan fingerprint density at radius 2 is 2.05 bits per heavy atom. The zero-order valence-corrected chi connectivity index (χ0v) is 10.0. The maximum Gasteiger partial charge on any atom is 0.215 e. The van der Waals surface area contributed by atoms with Crippen LogP contribution in [0.25, 0.3) is 22.6 Å². The van der Waals surface area contributed by atoms with E-state index in [9.17, 15) is 9.50 Å². The number of nitrogens with zero attached hydrogens (tertiary/aromatic N) is 2. The van der Waals surface area contributed by atoms with Crippen LogP contribution in [0.3, 0.4) is 0 Å². The molecule has 0 aliphatic carbocycles. The van der Waals surface area contributed by atoms with Crippen LogP contribution in [-0.2, 0) is 0 Å². The first kappa shape index (κ1) is 11.5. The van der Waals surface area contributed by atoms with E-state index in [2.05, 4.69) is 15.0 Å². The first-order valence-electron chi connectivity index (χ1n) is 5.57. The molecule has 2 heterocycles. The third kappa shape index (κ3) is 1.97. The molecule has 0 saturated carbocycles. The maximum absolute atomic E-state index is 12.9. The van der Waals surface area contributed by atoms with Crippen LogP contribution in [0.1, 0.15) is 0 Å². The SMILES string of the molecule is COc1ccc2[nH]c(-c3ccc(F)cc3O)nc2n1. The Morgan fingerprint density at radius 1 is 1.21 bits per heavy atom. The van der Waals surface area contributed by atoms with E-state index in [0.29, 0.717) is 28.4 Å². The maximum atomic E-state index is 12.9. The van der Waals surface area contributed by atoms with Gasteiger partial charge in [0.1, 0.15) is 17.4 Å². The minimum Gasteiger partial charge on any atom is -0.507 e. The lowest BCUT2D eigenvalue weighted by Gasteiger charge is -2.00. The highest BCUT2D eigenvalue weighted by Crippen LogP contribution is 2.29. The zero-order valence-electron chi connectivity index (χ0n) is 10.0. The van der Waals surface area contributed by atoms with E-state index >= 15 is 0 Å². The number of benzene rings is 1. The Labute approximate surface area is 107 Å². The van der Waals surface area contributed by atoms with E-state index in [1.54, 1.807) is 12.1 Å². The summed E-state index contributed by atoms with van der Waals surface area (Å²) in [6.07, 6.45) is 0. The van der Waals surface area contributed by atoms with Gasteiger partial charge in [-0.1, -0.05) is 0 Å². The smallest absolute Gasteiger partial charge is 0.215 e. The number of aromatic nitrogens is 3. The molecule has 0 radical (unpaired) electrons. The molecule has 1 aromatic carbocycles. The summed E-state index contributed by atoms with van der Waals surface area (Å²) in [5.74, 6) is 0.199. The molecule has 0 amide bonds. The molecule has 0 aliphatic rings. The molecule has 0 spiro atoms. The lowest BCUT2D eigenvalue weighted by atomic mass is 10.2. The zero-order chi connectivity index (χ0) is 13.4. The lowest BCUT2D eigenvalue weighted by molar-refractivity contribution is 0.399. The van der Waals surface area contributed by atoms with Crippen LogP contribution < -0.4 is 4.74 Å². The highest BCUT2D eigenvalue weighted by Gasteiger charge is 2.11. The van der Waals surface area contributed by atoms with Gasteiger partial charge in [0.15, 0.2) is 5.65 Å². The predicted octanol–water partition coefficient (Wildman–Crippen LogP) is 2.48. The summed E-state index contributed by atoms with van der Waals surface area (Å²) in [5, 5.41) is 9.73. The first-order chi connectivity index (χ1) is 9.17. The Bertz CT molecular complexity index is 755. The monoisotopic (exact) mass is 259 g/mol. The van der Waals surface area contributed by atoms with E-state index in [-0.39, 0.29) is 5.75 Å². The number of pyridine rings is 1. The number of rotatable bonds is 2. The third-order valence-electron chi connectivity index (χ3n) is 2.74. The fourth-order valence-corrected chi connectivity index (χ4v) is 1.82. The van der Waals surface area contributed by atoms with Gasteiger partial charge in [-0.2, -0.15) is 4.98 Å². The Morgan fingerprint density at radius 3 is 2.79 bits per heavy atom. The highest BCUT2D eigenvalue weighted by molar-refractivity contribution is 5.78. The van der Waals surface area contributed by atoms with Crippen molar-refractivity contribution >= 4 is 11.2 Å². The van der Waals surface area contributed by atoms with Crippen molar-refractivity contribution in [1.82, 2.24) is 15.0 Å². The number of phenols is 1. The number of hydrogen-bond donors (Lipinski definition) is 2. The molecule has 3 rings (SSSR count). The van der Waals surface area contributed by atoms with Crippen molar-refractivity contribution in [2.75, 3.05) is 7.11 Å². The number of halogens is 1. The number of hydrogen-bond acceptors (Lipinski definition) is 4. The third-order valence-corrected chi connectivity index (χ3v) is 2.74. The van der Waals surface area contributed by atoms with E-state index in [0.717, 1.165) is 6.07 Å². The molecule has 0 bridgehead atoms. The number of aromatic hydroxyl groups is 1. The van der Waals surface area contributed by atoms with E-state index in [1.165, 1.54) is 19.2 Å². The quantitative estimate of drug-likeness (QED) is 0.741. The van der Waals surface area contributed by atoms with Gasteiger partial charge in [0.25, 0.3) is 0 Å². The number of phenolic OH excluding ortho intramolecular Hbond substituents is 1. The van der Waals surface area contributed by atoms with Crippen LogP contribution in [0.15, 0.2) is 30.3 Å². The van der Waals surface area contributed by atoms with Gasteiger partial charge in [0.2, 0.25) is 5.88 Å². The summed E-state index contributed by atoms with van der Waals surface area (Å²) >= 11 is 0. The molecule has 0 fully saturated rings. The van der Waals surface area contributed by atoms with Crippen molar-refractivity contribution in [2.45, 2.75) is 0 Å². The van der Waals surface area contributed by atoms with Gasteiger partial charge in [-0.25, -0.2) is 9.37 Å². The standard InChI is InChI=1S/C13H10FN3O2/c1-19-11-5-4-9-13(16-11)17-12(15-9)8-3-2-7(14)6-10(8)18/h2-6,18H,1H3,(H,15,16,17).